The van der Waals surface area contributed by atoms with E-state index < -0.39 is 11.7 Å². The summed E-state index contributed by atoms with van der Waals surface area (Å²) in [5.74, 6) is 1.51. The van der Waals surface area contributed by atoms with Gasteiger partial charge in [0, 0.05) is 33.2 Å². The van der Waals surface area contributed by atoms with Gasteiger partial charge in [-0.15, -0.1) is 0 Å². The molecule has 1 aromatic carbocycles. The van der Waals surface area contributed by atoms with Crippen LogP contribution in [0.25, 0.3) is 0 Å². The van der Waals surface area contributed by atoms with E-state index in [1.54, 1.807) is 11.9 Å². The van der Waals surface area contributed by atoms with Crippen LogP contribution in [0.4, 0.5) is 10.5 Å². The lowest BCUT2D eigenvalue weighted by atomic mass is 10.2. The molecule has 0 radical (unpaired) electrons. The van der Waals surface area contributed by atoms with Crippen LogP contribution in [0.3, 0.4) is 0 Å². The van der Waals surface area contributed by atoms with Gasteiger partial charge in [0.2, 0.25) is 0 Å². The molecule has 1 atom stereocenters. The monoisotopic (exact) mass is 431 g/mol. The molecule has 31 heavy (non-hydrogen) atoms. The number of likely N-dealkylation sites (tertiary alicyclic amines) is 1. The first-order valence-electron chi connectivity index (χ1n) is 10.7. The molecule has 9 nitrogen and oxygen atoms in total. The van der Waals surface area contributed by atoms with Crippen LogP contribution >= 0.6 is 0 Å². The summed E-state index contributed by atoms with van der Waals surface area (Å²) in [4.78, 5) is 32.5. The Morgan fingerprint density at radius 3 is 2.84 bits per heavy atom. The van der Waals surface area contributed by atoms with Crippen molar-refractivity contribution in [2.24, 2.45) is 4.99 Å². The van der Waals surface area contributed by atoms with Gasteiger partial charge < -0.3 is 29.9 Å². The molecular formula is C22H33N5O4. The van der Waals surface area contributed by atoms with E-state index in [4.69, 9.17) is 9.47 Å². The molecule has 1 fully saturated rings. The maximum absolute atomic E-state index is 12.3. The van der Waals surface area contributed by atoms with E-state index >= 15 is 0 Å². The number of ether oxygens (including phenoxy) is 2. The molecule has 170 valence electrons. The molecule has 0 saturated carbocycles. The number of guanidine groups is 1. The van der Waals surface area contributed by atoms with E-state index in [2.05, 4.69) is 20.5 Å². The number of nitrogens with one attached hydrogen (secondary N) is 2. The molecule has 0 aromatic heterocycles. The van der Waals surface area contributed by atoms with Gasteiger partial charge in [0.1, 0.15) is 11.4 Å². The minimum Gasteiger partial charge on any atom is -0.482 e. The summed E-state index contributed by atoms with van der Waals surface area (Å²) in [6, 6.07) is 7.61. The van der Waals surface area contributed by atoms with Crippen molar-refractivity contribution in [3.63, 3.8) is 0 Å². The lowest BCUT2D eigenvalue weighted by molar-refractivity contribution is -0.121. The van der Waals surface area contributed by atoms with Crippen LogP contribution in [-0.4, -0.2) is 74.3 Å². The van der Waals surface area contributed by atoms with E-state index in [-0.39, 0.29) is 18.6 Å². The number of carbonyl (C=O) groups is 2. The summed E-state index contributed by atoms with van der Waals surface area (Å²) in [5, 5.41) is 6.29. The van der Waals surface area contributed by atoms with E-state index in [1.807, 2.05) is 45.0 Å². The van der Waals surface area contributed by atoms with E-state index in [0.717, 1.165) is 36.8 Å². The Kier molecular flexibility index (Phi) is 7.25. The van der Waals surface area contributed by atoms with E-state index in [0.29, 0.717) is 19.6 Å². The van der Waals surface area contributed by atoms with Crippen molar-refractivity contribution >= 4 is 23.6 Å². The number of hydrogen-bond donors (Lipinski definition) is 2. The highest BCUT2D eigenvalue weighted by Gasteiger charge is 2.28. The zero-order valence-electron chi connectivity index (χ0n) is 18.8. The van der Waals surface area contributed by atoms with Crippen LogP contribution in [0.2, 0.25) is 0 Å². The van der Waals surface area contributed by atoms with Crippen LogP contribution in [0, 0.1) is 0 Å². The second-order valence-electron chi connectivity index (χ2n) is 8.71. The van der Waals surface area contributed by atoms with Crippen LogP contribution in [0.1, 0.15) is 33.6 Å². The average Bonchev–Trinajstić information content (AvgIpc) is 3.16. The summed E-state index contributed by atoms with van der Waals surface area (Å²) in [5.41, 5.74) is 0.307. The fraction of sp³-hybridized carbons (Fsp3) is 0.591. The molecule has 0 bridgehead atoms. The Hall–Kier alpha value is -2.97. The predicted octanol–water partition coefficient (Wildman–Crippen LogP) is 1.98. The van der Waals surface area contributed by atoms with Crippen molar-refractivity contribution < 1.29 is 19.1 Å². The number of benzene rings is 1. The lowest BCUT2D eigenvalue weighted by Gasteiger charge is -2.29. The Morgan fingerprint density at radius 1 is 1.32 bits per heavy atom. The highest BCUT2D eigenvalue weighted by molar-refractivity contribution is 5.97. The molecule has 1 unspecified atom stereocenters. The number of para-hydroxylation sites is 2. The summed E-state index contributed by atoms with van der Waals surface area (Å²) < 4.78 is 10.8. The fourth-order valence-electron chi connectivity index (χ4n) is 3.71. The largest absolute Gasteiger partial charge is 0.482 e. The molecule has 1 saturated heterocycles. The molecule has 3 rings (SSSR count). The number of amides is 2. The second kappa shape index (κ2) is 9.89. The molecule has 0 aliphatic carbocycles. The van der Waals surface area contributed by atoms with Crippen molar-refractivity contribution in [1.82, 2.24) is 15.5 Å². The van der Waals surface area contributed by atoms with Gasteiger partial charge in [-0.05, 0) is 45.7 Å². The highest BCUT2D eigenvalue weighted by Crippen LogP contribution is 2.31. The zero-order chi connectivity index (χ0) is 22.4. The van der Waals surface area contributed by atoms with Crippen molar-refractivity contribution in [2.45, 2.75) is 45.3 Å². The van der Waals surface area contributed by atoms with Crippen molar-refractivity contribution in [3.05, 3.63) is 24.3 Å². The number of carbonyl (C=O) groups excluding carboxylic acids is 2. The number of nitrogens with zero attached hydrogens (tertiary/aromatic N) is 3. The Bertz CT molecular complexity index is 820. The molecule has 2 aliphatic heterocycles. The van der Waals surface area contributed by atoms with E-state index in [1.165, 1.54) is 0 Å². The highest BCUT2D eigenvalue weighted by atomic mass is 16.6. The molecule has 2 amide bonds. The van der Waals surface area contributed by atoms with Crippen LogP contribution < -0.4 is 20.3 Å². The Labute approximate surface area is 183 Å². The first-order chi connectivity index (χ1) is 14.8. The smallest absolute Gasteiger partial charge is 0.407 e. The topological polar surface area (TPSA) is 95.5 Å². The van der Waals surface area contributed by atoms with Gasteiger partial charge in [0.15, 0.2) is 12.6 Å². The number of fused-ring (bicyclic) bond motifs is 1. The van der Waals surface area contributed by atoms with Gasteiger partial charge in [-0.2, -0.15) is 0 Å². The average molecular weight is 432 g/mol. The third-order valence-electron chi connectivity index (χ3n) is 5.07. The zero-order valence-corrected chi connectivity index (χ0v) is 18.8. The molecule has 2 N–H and O–H groups in total. The number of aliphatic imine (C=N–C) groups is 1. The molecular weight excluding hydrogens is 398 g/mol. The Morgan fingerprint density at radius 2 is 2.10 bits per heavy atom. The van der Waals surface area contributed by atoms with Crippen LogP contribution in [-0.2, 0) is 9.53 Å². The van der Waals surface area contributed by atoms with Gasteiger partial charge in [-0.25, -0.2) is 4.79 Å². The summed E-state index contributed by atoms with van der Waals surface area (Å²) in [6.07, 6.45) is 1.21. The van der Waals surface area contributed by atoms with Gasteiger partial charge >= 0.3 is 6.09 Å². The third-order valence-corrected chi connectivity index (χ3v) is 5.07. The molecule has 9 heteroatoms. The second-order valence-corrected chi connectivity index (χ2v) is 8.71. The standard InChI is InChI=1S/C22H33N5O4/c1-22(2,3)31-21(29)25-16-10-13-26(14-16)20(23-4)24-11-7-12-27-17-8-5-6-9-18(17)30-15-19(27)28/h5-6,8-9,16H,7,10-15H2,1-4H3,(H,23,24)(H,25,29). The number of hydrogen-bond acceptors (Lipinski definition) is 5. The lowest BCUT2D eigenvalue weighted by Crippen LogP contribution is -2.45. The van der Waals surface area contributed by atoms with Crippen LogP contribution in [0.15, 0.2) is 29.3 Å². The molecule has 2 aliphatic rings. The molecule has 2 heterocycles. The molecule has 1 aromatic rings. The third kappa shape index (κ3) is 6.26. The van der Waals surface area contributed by atoms with Gasteiger partial charge in [-0.3, -0.25) is 9.79 Å². The molecule has 0 spiro atoms. The van der Waals surface area contributed by atoms with Crippen molar-refractivity contribution in [2.75, 3.05) is 44.7 Å². The summed E-state index contributed by atoms with van der Waals surface area (Å²) in [6.45, 7) is 8.38. The SMILES string of the molecule is CN=C(NCCCN1C(=O)COc2ccccc21)N1CCC(NC(=O)OC(C)(C)C)C1. The Balaban J connectivity index is 1.43. The maximum atomic E-state index is 12.3. The van der Waals surface area contributed by atoms with Crippen molar-refractivity contribution in [3.8, 4) is 5.75 Å². The first-order valence-corrected chi connectivity index (χ1v) is 10.7. The fourth-order valence-corrected chi connectivity index (χ4v) is 3.71. The van der Waals surface area contributed by atoms with Crippen molar-refractivity contribution in [1.29, 1.82) is 0 Å². The number of rotatable bonds is 5. The number of alkyl carbamates (subject to hydrolysis) is 1. The normalized spacial score (nSPS) is 19.0. The minimum atomic E-state index is -0.512. The van der Waals surface area contributed by atoms with Gasteiger partial charge in [0.25, 0.3) is 5.91 Å². The first kappa shape index (κ1) is 22.7. The van der Waals surface area contributed by atoms with Crippen LogP contribution in [0.5, 0.6) is 5.75 Å². The van der Waals surface area contributed by atoms with Gasteiger partial charge in [-0.1, -0.05) is 12.1 Å². The van der Waals surface area contributed by atoms with Gasteiger partial charge in [0.05, 0.1) is 11.7 Å². The maximum Gasteiger partial charge on any atom is 0.407 e. The number of anilines is 1. The predicted molar refractivity (Wildman–Crippen MR) is 120 cm³/mol. The minimum absolute atomic E-state index is 0.0240. The quantitative estimate of drug-likeness (QED) is 0.421. The summed E-state index contributed by atoms with van der Waals surface area (Å²) >= 11 is 0. The summed E-state index contributed by atoms with van der Waals surface area (Å²) in [7, 11) is 1.75. The van der Waals surface area contributed by atoms with E-state index in [9.17, 15) is 9.59 Å².